The third kappa shape index (κ3) is 4.54. The van der Waals surface area contributed by atoms with E-state index in [0.29, 0.717) is 13.2 Å². The molecule has 1 aromatic rings. The molecule has 0 atom stereocenters. The number of hydrogen-bond acceptors (Lipinski definition) is 4. The molecule has 2 rings (SSSR count). The molecule has 0 aromatic heterocycles. The first-order valence-electron chi connectivity index (χ1n) is 6.73. The van der Waals surface area contributed by atoms with Gasteiger partial charge in [-0.05, 0) is 31.2 Å². The zero-order valence-electron chi connectivity index (χ0n) is 11.3. The molecule has 5 heteroatoms. The normalized spacial score (nSPS) is 16.1. The van der Waals surface area contributed by atoms with Crippen LogP contribution in [0, 0.1) is 0 Å². The summed E-state index contributed by atoms with van der Waals surface area (Å²) < 4.78 is 5.36. The Morgan fingerprint density at radius 1 is 1.32 bits per heavy atom. The van der Waals surface area contributed by atoms with Crippen molar-refractivity contribution in [2.45, 2.75) is 6.92 Å². The van der Waals surface area contributed by atoms with Crippen LogP contribution in [-0.4, -0.2) is 50.1 Å². The highest BCUT2D eigenvalue weighted by atomic mass is 16.5. The van der Waals surface area contributed by atoms with Crippen LogP contribution in [0.2, 0.25) is 0 Å². The summed E-state index contributed by atoms with van der Waals surface area (Å²) >= 11 is 0. The van der Waals surface area contributed by atoms with Gasteiger partial charge in [-0.25, -0.2) is 0 Å². The highest BCUT2D eigenvalue weighted by Crippen LogP contribution is 2.15. The van der Waals surface area contributed by atoms with Crippen molar-refractivity contribution in [2.24, 2.45) is 0 Å². The van der Waals surface area contributed by atoms with Crippen LogP contribution in [0.5, 0.6) is 5.75 Å². The molecule has 0 spiro atoms. The van der Waals surface area contributed by atoms with Crippen LogP contribution in [-0.2, 0) is 4.79 Å². The molecule has 1 saturated heterocycles. The lowest BCUT2D eigenvalue weighted by atomic mass is 10.3. The van der Waals surface area contributed by atoms with Crippen LogP contribution < -0.4 is 15.4 Å². The van der Waals surface area contributed by atoms with Gasteiger partial charge in [-0.3, -0.25) is 9.69 Å². The molecule has 1 heterocycles. The third-order valence-corrected chi connectivity index (χ3v) is 3.03. The van der Waals surface area contributed by atoms with Gasteiger partial charge in [0.25, 0.3) is 0 Å². The Balaban J connectivity index is 1.80. The highest BCUT2D eigenvalue weighted by molar-refractivity contribution is 5.92. The number of nitrogens with one attached hydrogen (secondary N) is 2. The smallest absolute Gasteiger partial charge is 0.238 e. The van der Waals surface area contributed by atoms with E-state index in [1.807, 2.05) is 31.2 Å². The summed E-state index contributed by atoms with van der Waals surface area (Å²) in [4.78, 5) is 14.0. The quantitative estimate of drug-likeness (QED) is 0.830. The zero-order chi connectivity index (χ0) is 13.5. The van der Waals surface area contributed by atoms with E-state index in [1.54, 1.807) is 0 Å². The number of piperazine rings is 1. The maximum Gasteiger partial charge on any atom is 0.238 e. The maximum absolute atomic E-state index is 11.9. The summed E-state index contributed by atoms with van der Waals surface area (Å²) in [7, 11) is 0. The molecule has 0 saturated carbocycles. The van der Waals surface area contributed by atoms with Crippen LogP contribution in [0.25, 0.3) is 0 Å². The number of carbonyl (C=O) groups is 1. The van der Waals surface area contributed by atoms with Gasteiger partial charge in [0, 0.05) is 31.9 Å². The average molecular weight is 263 g/mol. The van der Waals surface area contributed by atoms with Crippen molar-refractivity contribution in [3.63, 3.8) is 0 Å². The first-order valence-corrected chi connectivity index (χ1v) is 6.73. The lowest BCUT2D eigenvalue weighted by Gasteiger charge is -2.26. The zero-order valence-corrected chi connectivity index (χ0v) is 11.3. The molecule has 5 nitrogen and oxygen atoms in total. The van der Waals surface area contributed by atoms with Crippen LogP contribution in [0.3, 0.4) is 0 Å². The lowest BCUT2D eigenvalue weighted by Crippen LogP contribution is -2.46. The standard InChI is InChI=1S/C14H21N3O2/c1-2-19-13-5-3-12(4-6-13)16-14(18)11-17-9-7-15-8-10-17/h3-6,15H,2,7-11H2,1H3,(H,16,18). The summed E-state index contributed by atoms with van der Waals surface area (Å²) in [6, 6.07) is 7.45. The minimum Gasteiger partial charge on any atom is -0.494 e. The van der Waals surface area contributed by atoms with Gasteiger partial charge in [0.2, 0.25) is 5.91 Å². The second kappa shape index (κ2) is 7.11. The topological polar surface area (TPSA) is 53.6 Å². The maximum atomic E-state index is 11.9. The fourth-order valence-corrected chi connectivity index (χ4v) is 2.07. The molecular formula is C14H21N3O2. The van der Waals surface area contributed by atoms with Crippen LogP contribution in [0.15, 0.2) is 24.3 Å². The second-order valence-electron chi connectivity index (χ2n) is 4.53. The van der Waals surface area contributed by atoms with Crippen molar-refractivity contribution >= 4 is 11.6 Å². The minimum atomic E-state index is 0.0334. The fraction of sp³-hybridized carbons (Fsp3) is 0.500. The van der Waals surface area contributed by atoms with Crippen molar-refractivity contribution in [2.75, 3.05) is 44.6 Å². The summed E-state index contributed by atoms with van der Waals surface area (Å²) in [5.74, 6) is 0.855. The van der Waals surface area contributed by atoms with E-state index in [0.717, 1.165) is 37.6 Å². The molecule has 1 amide bonds. The number of hydrogen-bond donors (Lipinski definition) is 2. The Bertz CT molecular complexity index is 400. The number of ether oxygens (including phenoxy) is 1. The fourth-order valence-electron chi connectivity index (χ4n) is 2.07. The molecule has 0 radical (unpaired) electrons. The van der Waals surface area contributed by atoms with Gasteiger partial charge in [-0.15, -0.1) is 0 Å². The molecule has 1 aliphatic heterocycles. The van der Waals surface area contributed by atoms with E-state index in [-0.39, 0.29) is 5.91 Å². The van der Waals surface area contributed by atoms with Gasteiger partial charge < -0.3 is 15.4 Å². The number of amides is 1. The molecule has 104 valence electrons. The number of rotatable bonds is 5. The van der Waals surface area contributed by atoms with E-state index in [4.69, 9.17) is 4.74 Å². The first kappa shape index (κ1) is 13.8. The van der Waals surface area contributed by atoms with Gasteiger partial charge in [0.15, 0.2) is 0 Å². The Morgan fingerprint density at radius 3 is 2.63 bits per heavy atom. The van der Waals surface area contributed by atoms with Crippen LogP contribution in [0.1, 0.15) is 6.92 Å². The minimum absolute atomic E-state index is 0.0334. The molecular weight excluding hydrogens is 242 g/mol. The Hall–Kier alpha value is -1.59. The highest BCUT2D eigenvalue weighted by Gasteiger charge is 2.13. The summed E-state index contributed by atoms with van der Waals surface area (Å²) in [5, 5.41) is 6.17. The van der Waals surface area contributed by atoms with Crippen LogP contribution >= 0.6 is 0 Å². The van der Waals surface area contributed by atoms with E-state index in [9.17, 15) is 4.79 Å². The Labute approximate surface area is 113 Å². The van der Waals surface area contributed by atoms with Gasteiger partial charge in [0.1, 0.15) is 5.75 Å². The summed E-state index contributed by atoms with van der Waals surface area (Å²) in [5.41, 5.74) is 0.809. The van der Waals surface area contributed by atoms with Crippen molar-refractivity contribution in [1.82, 2.24) is 10.2 Å². The molecule has 0 bridgehead atoms. The molecule has 1 fully saturated rings. The van der Waals surface area contributed by atoms with Crippen molar-refractivity contribution < 1.29 is 9.53 Å². The number of nitrogens with zero attached hydrogens (tertiary/aromatic N) is 1. The van der Waals surface area contributed by atoms with Crippen molar-refractivity contribution in [1.29, 1.82) is 0 Å². The SMILES string of the molecule is CCOc1ccc(NC(=O)CN2CCNCC2)cc1. The molecule has 1 aromatic carbocycles. The Morgan fingerprint density at radius 2 is 2.00 bits per heavy atom. The molecule has 2 N–H and O–H groups in total. The Kier molecular flexibility index (Phi) is 5.18. The van der Waals surface area contributed by atoms with Gasteiger partial charge in [-0.1, -0.05) is 0 Å². The summed E-state index contributed by atoms with van der Waals surface area (Å²) in [6.07, 6.45) is 0. The van der Waals surface area contributed by atoms with Crippen molar-refractivity contribution in [3.8, 4) is 5.75 Å². The average Bonchev–Trinajstić information content (AvgIpc) is 2.42. The monoisotopic (exact) mass is 263 g/mol. The van der Waals surface area contributed by atoms with Crippen molar-refractivity contribution in [3.05, 3.63) is 24.3 Å². The summed E-state index contributed by atoms with van der Waals surface area (Å²) in [6.45, 7) is 6.81. The number of benzene rings is 1. The van der Waals surface area contributed by atoms with E-state index < -0.39 is 0 Å². The first-order chi connectivity index (χ1) is 9.28. The van der Waals surface area contributed by atoms with E-state index in [1.165, 1.54) is 0 Å². The number of carbonyl (C=O) groups excluding carboxylic acids is 1. The van der Waals surface area contributed by atoms with Crippen LogP contribution in [0.4, 0.5) is 5.69 Å². The van der Waals surface area contributed by atoms with E-state index in [2.05, 4.69) is 15.5 Å². The molecule has 0 unspecified atom stereocenters. The van der Waals surface area contributed by atoms with Gasteiger partial charge in [-0.2, -0.15) is 0 Å². The molecule has 1 aliphatic rings. The lowest BCUT2D eigenvalue weighted by molar-refractivity contribution is -0.117. The third-order valence-electron chi connectivity index (χ3n) is 3.03. The predicted octanol–water partition coefficient (Wildman–Crippen LogP) is 0.929. The second-order valence-corrected chi connectivity index (χ2v) is 4.53. The van der Waals surface area contributed by atoms with E-state index >= 15 is 0 Å². The largest absolute Gasteiger partial charge is 0.494 e. The van der Waals surface area contributed by atoms with Gasteiger partial charge in [0.05, 0.1) is 13.2 Å². The molecule has 0 aliphatic carbocycles. The predicted molar refractivity (Wildman–Crippen MR) is 75.6 cm³/mol. The molecule has 19 heavy (non-hydrogen) atoms. The van der Waals surface area contributed by atoms with Gasteiger partial charge >= 0.3 is 0 Å². The number of anilines is 1.